The molecule has 0 aromatic heterocycles. The first-order valence-electron chi connectivity index (χ1n) is 5.42. The number of hydrogen-bond donors (Lipinski definition) is 2. The minimum atomic E-state index is -1.46. The predicted molar refractivity (Wildman–Crippen MR) is 58.9 cm³/mol. The number of benzene rings is 1. The molecule has 2 N–H and O–H groups in total. The first-order chi connectivity index (χ1) is 7.85. The smallest absolute Gasteiger partial charge is 0.194 e. The van der Waals surface area contributed by atoms with E-state index in [-0.39, 0.29) is 6.54 Å². The predicted octanol–water partition coefficient (Wildman–Crippen LogP) is 2.35. The van der Waals surface area contributed by atoms with E-state index in [1.165, 1.54) is 0 Å². The lowest BCUT2D eigenvalue weighted by atomic mass is 10.0. The van der Waals surface area contributed by atoms with Crippen molar-refractivity contribution in [3.63, 3.8) is 0 Å². The Labute approximate surface area is 98.5 Å². The van der Waals surface area contributed by atoms with Gasteiger partial charge in [-0.3, -0.25) is 0 Å². The van der Waals surface area contributed by atoms with Gasteiger partial charge in [-0.05, 0) is 31.0 Å². The molecular weight excluding hydrogens is 231 g/mol. The van der Waals surface area contributed by atoms with Crippen LogP contribution in [0.25, 0.3) is 0 Å². The Morgan fingerprint density at radius 2 is 1.76 bits per heavy atom. The van der Waals surface area contributed by atoms with E-state index in [0.29, 0.717) is 18.5 Å². The SMILES string of the molecule is CCC(C)(O)CNCc1cc(F)c(F)c(F)c1. The van der Waals surface area contributed by atoms with Crippen LogP contribution in [0, 0.1) is 17.5 Å². The Balaban J connectivity index is 2.59. The van der Waals surface area contributed by atoms with E-state index in [2.05, 4.69) is 5.32 Å². The molecule has 1 aromatic carbocycles. The third-order valence-corrected chi connectivity index (χ3v) is 2.64. The lowest BCUT2D eigenvalue weighted by Crippen LogP contribution is -2.36. The van der Waals surface area contributed by atoms with Crippen LogP contribution in [-0.2, 0) is 6.54 Å². The summed E-state index contributed by atoms with van der Waals surface area (Å²) in [6, 6.07) is 1.87. The summed E-state index contributed by atoms with van der Waals surface area (Å²) in [4.78, 5) is 0. The average molecular weight is 247 g/mol. The monoisotopic (exact) mass is 247 g/mol. The Morgan fingerprint density at radius 3 is 2.24 bits per heavy atom. The van der Waals surface area contributed by atoms with Gasteiger partial charge in [0.2, 0.25) is 0 Å². The summed E-state index contributed by atoms with van der Waals surface area (Å²) in [5.74, 6) is -3.87. The maximum absolute atomic E-state index is 12.9. The zero-order chi connectivity index (χ0) is 13.1. The topological polar surface area (TPSA) is 32.3 Å². The molecule has 0 saturated carbocycles. The third-order valence-electron chi connectivity index (χ3n) is 2.64. The molecule has 1 rings (SSSR count). The highest BCUT2D eigenvalue weighted by atomic mass is 19.2. The van der Waals surface area contributed by atoms with Crippen LogP contribution in [0.4, 0.5) is 13.2 Å². The van der Waals surface area contributed by atoms with E-state index in [1.807, 2.05) is 6.92 Å². The minimum absolute atomic E-state index is 0.171. The van der Waals surface area contributed by atoms with E-state index in [9.17, 15) is 18.3 Å². The van der Waals surface area contributed by atoms with Crippen LogP contribution in [0.2, 0.25) is 0 Å². The van der Waals surface area contributed by atoms with Crippen molar-refractivity contribution in [1.82, 2.24) is 5.32 Å². The quantitative estimate of drug-likeness (QED) is 0.783. The van der Waals surface area contributed by atoms with Gasteiger partial charge < -0.3 is 10.4 Å². The first-order valence-corrected chi connectivity index (χ1v) is 5.42. The molecule has 0 aliphatic carbocycles. The summed E-state index contributed by atoms with van der Waals surface area (Å²) in [6.07, 6.45) is 0.562. The van der Waals surface area contributed by atoms with Crippen LogP contribution >= 0.6 is 0 Å². The molecule has 1 atom stereocenters. The summed E-state index contributed by atoms with van der Waals surface area (Å²) < 4.78 is 38.4. The van der Waals surface area contributed by atoms with Crippen LogP contribution < -0.4 is 5.32 Å². The lowest BCUT2D eigenvalue weighted by molar-refractivity contribution is 0.0555. The van der Waals surface area contributed by atoms with Crippen LogP contribution in [0.1, 0.15) is 25.8 Å². The second-order valence-corrected chi connectivity index (χ2v) is 4.33. The summed E-state index contributed by atoms with van der Waals surface area (Å²) in [7, 11) is 0. The van der Waals surface area contributed by atoms with Gasteiger partial charge in [-0.1, -0.05) is 6.92 Å². The zero-order valence-corrected chi connectivity index (χ0v) is 9.86. The highest BCUT2D eigenvalue weighted by Crippen LogP contribution is 2.14. The molecule has 1 aromatic rings. The van der Waals surface area contributed by atoms with Crippen molar-refractivity contribution in [2.75, 3.05) is 6.54 Å². The van der Waals surface area contributed by atoms with Crippen LogP contribution in [0.15, 0.2) is 12.1 Å². The van der Waals surface area contributed by atoms with Gasteiger partial charge in [-0.2, -0.15) is 0 Å². The second-order valence-electron chi connectivity index (χ2n) is 4.33. The molecule has 5 heteroatoms. The van der Waals surface area contributed by atoms with Crippen LogP contribution in [-0.4, -0.2) is 17.3 Å². The molecule has 17 heavy (non-hydrogen) atoms. The van der Waals surface area contributed by atoms with E-state index in [1.54, 1.807) is 6.92 Å². The van der Waals surface area contributed by atoms with Gasteiger partial charge in [0.1, 0.15) is 0 Å². The van der Waals surface area contributed by atoms with Crippen molar-refractivity contribution in [3.05, 3.63) is 35.1 Å². The molecule has 0 amide bonds. The fourth-order valence-electron chi connectivity index (χ4n) is 1.31. The van der Waals surface area contributed by atoms with E-state index in [0.717, 1.165) is 12.1 Å². The van der Waals surface area contributed by atoms with Gasteiger partial charge in [-0.15, -0.1) is 0 Å². The second kappa shape index (κ2) is 5.51. The Bertz CT molecular complexity index is 370. The van der Waals surface area contributed by atoms with Crippen LogP contribution in [0.3, 0.4) is 0 Å². The molecule has 0 saturated heterocycles. The van der Waals surface area contributed by atoms with Gasteiger partial charge in [0.25, 0.3) is 0 Å². The summed E-state index contributed by atoms with van der Waals surface area (Å²) >= 11 is 0. The third kappa shape index (κ3) is 4.02. The standard InChI is InChI=1S/C12H16F3NO/c1-3-12(2,17)7-16-6-8-4-9(13)11(15)10(14)5-8/h4-5,16-17H,3,6-7H2,1-2H3. The Hall–Kier alpha value is -1.07. The van der Waals surface area contributed by atoms with Crippen molar-refractivity contribution in [2.45, 2.75) is 32.4 Å². The number of halogens is 3. The van der Waals surface area contributed by atoms with Crippen molar-refractivity contribution in [2.24, 2.45) is 0 Å². The highest BCUT2D eigenvalue weighted by Gasteiger charge is 2.17. The minimum Gasteiger partial charge on any atom is -0.389 e. The molecule has 0 bridgehead atoms. The van der Waals surface area contributed by atoms with Gasteiger partial charge in [0, 0.05) is 13.1 Å². The van der Waals surface area contributed by atoms with Crippen LogP contribution in [0.5, 0.6) is 0 Å². The first kappa shape index (κ1) is 14.0. The molecule has 96 valence electrons. The van der Waals surface area contributed by atoms with Crippen molar-refractivity contribution in [1.29, 1.82) is 0 Å². The fraction of sp³-hybridized carbons (Fsp3) is 0.500. The highest BCUT2D eigenvalue weighted by molar-refractivity contribution is 5.19. The summed E-state index contributed by atoms with van der Waals surface area (Å²) in [5.41, 5.74) is -0.565. The normalized spacial score (nSPS) is 14.7. The molecule has 0 heterocycles. The van der Waals surface area contributed by atoms with Crippen molar-refractivity contribution >= 4 is 0 Å². The number of hydrogen-bond acceptors (Lipinski definition) is 2. The van der Waals surface area contributed by atoms with E-state index in [4.69, 9.17) is 0 Å². The zero-order valence-electron chi connectivity index (χ0n) is 9.86. The Morgan fingerprint density at radius 1 is 1.24 bits per heavy atom. The van der Waals surface area contributed by atoms with Crippen molar-refractivity contribution in [3.8, 4) is 0 Å². The molecule has 1 unspecified atom stereocenters. The van der Waals surface area contributed by atoms with Crippen molar-refractivity contribution < 1.29 is 18.3 Å². The molecule has 0 aliphatic rings. The molecule has 2 nitrogen and oxygen atoms in total. The van der Waals surface area contributed by atoms with Gasteiger partial charge in [0.15, 0.2) is 17.5 Å². The molecular formula is C12H16F3NO. The van der Waals surface area contributed by atoms with Gasteiger partial charge in [-0.25, -0.2) is 13.2 Å². The lowest BCUT2D eigenvalue weighted by Gasteiger charge is -2.21. The maximum Gasteiger partial charge on any atom is 0.194 e. The molecule has 0 aliphatic heterocycles. The summed E-state index contributed by atoms with van der Waals surface area (Å²) in [5, 5.41) is 12.5. The number of nitrogens with one attached hydrogen (secondary N) is 1. The molecule has 0 radical (unpaired) electrons. The summed E-state index contributed by atoms with van der Waals surface area (Å²) in [6.45, 7) is 3.96. The van der Waals surface area contributed by atoms with Gasteiger partial charge in [0.05, 0.1) is 5.60 Å². The number of aliphatic hydroxyl groups is 1. The van der Waals surface area contributed by atoms with E-state index < -0.39 is 23.1 Å². The van der Waals surface area contributed by atoms with E-state index >= 15 is 0 Å². The average Bonchev–Trinajstić information content (AvgIpc) is 2.25. The number of rotatable bonds is 5. The Kier molecular flexibility index (Phi) is 4.54. The largest absolute Gasteiger partial charge is 0.389 e. The maximum atomic E-state index is 12.9. The molecule has 0 fully saturated rings. The molecule has 0 spiro atoms. The fourth-order valence-corrected chi connectivity index (χ4v) is 1.31. The van der Waals surface area contributed by atoms with Gasteiger partial charge >= 0.3 is 0 Å².